The minimum Gasteiger partial charge on any atom is -0.374 e. The molecule has 0 unspecified atom stereocenters. The molecule has 1 N–H and O–H groups in total. The third kappa shape index (κ3) is 3.29. The molecule has 1 atom stereocenters. The van der Waals surface area contributed by atoms with E-state index in [0.29, 0.717) is 0 Å². The second-order valence-electron chi connectivity index (χ2n) is 5.13. The van der Waals surface area contributed by atoms with Gasteiger partial charge in [-0.25, -0.2) is 0 Å². The van der Waals surface area contributed by atoms with Crippen molar-refractivity contribution in [2.75, 3.05) is 5.32 Å². The Morgan fingerprint density at radius 3 is 2.05 bits per heavy atom. The molecule has 0 fully saturated rings. The van der Waals surface area contributed by atoms with Crippen molar-refractivity contribution in [3.05, 3.63) is 95.8 Å². The summed E-state index contributed by atoms with van der Waals surface area (Å²) in [7, 11) is 0. The number of pyridine rings is 1. The second-order valence-corrected chi connectivity index (χ2v) is 5.13. The van der Waals surface area contributed by atoms with E-state index in [1.54, 1.807) is 0 Å². The molecular formula is C19H18N2. The highest BCUT2D eigenvalue weighted by Gasteiger charge is 2.13. The maximum atomic E-state index is 4.11. The van der Waals surface area contributed by atoms with Crippen molar-refractivity contribution in [3.63, 3.8) is 0 Å². The van der Waals surface area contributed by atoms with Gasteiger partial charge in [0.05, 0.1) is 6.04 Å². The second kappa shape index (κ2) is 6.23. The molecule has 2 heteroatoms. The van der Waals surface area contributed by atoms with Crippen LogP contribution in [-0.4, -0.2) is 4.98 Å². The average molecular weight is 274 g/mol. The van der Waals surface area contributed by atoms with Crippen molar-refractivity contribution < 1.29 is 0 Å². The van der Waals surface area contributed by atoms with Crippen molar-refractivity contribution in [2.24, 2.45) is 0 Å². The first-order chi connectivity index (χ1) is 10.3. The quantitative estimate of drug-likeness (QED) is 0.752. The molecule has 0 aliphatic carbocycles. The first-order valence-electron chi connectivity index (χ1n) is 7.11. The fourth-order valence-corrected chi connectivity index (χ4v) is 2.38. The number of rotatable bonds is 4. The Morgan fingerprint density at radius 2 is 1.38 bits per heavy atom. The number of anilines is 1. The predicted molar refractivity (Wildman–Crippen MR) is 87.3 cm³/mol. The molecule has 21 heavy (non-hydrogen) atoms. The molecular weight excluding hydrogens is 256 g/mol. The van der Waals surface area contributed by atoms with Crippen molar-refractivity contribution in [2.45, 2.75) is 13.0 Å². The van der Waals surface area contributed by atoms with Crippen LogP contribution in [-0.2, 0) is 0 Å². The van der Waals surface area contributed by atoms with Crippen molar-refractivity contribution in [1.29, 1.82) is 0 Å². The van der Waals surface area contributed by atoms with Crippen LogP contribution in [0.25, 0.3) is 0 Å². The van der Waals surface area contributed by atoms with Gasteiger partial charge in [0.25, 0.3) is 0 Å². The largest absolute Gasteiger partial charge is 0.374 e. The zero-order valence-electron chi connectivity index (χ0n) is 12.0. The highest BCUT2D eigenvalue weighted by Crippen LogP contribution is 2.26. The minimum atomic E-state index is 0.122. The highest BCUT2D eigenvalue weighted by molar-refractivity contribution is 5.49. The van der Waals surface area contributed by atoms with Gasteiger partial charge in [-0.2, -0.15) is 0 Å². The van der Waals surface area contributed by atoms with E-state index in [4.69, 9.17) is 0 Å². The van der Waals surface area contributed by atoms with Gasteiger partial charge in [-0.3, -0.25) is 4.98 Å². The zero-order valence-corrected chi connectivity index (χ0v) is 12.0. The number of nitrogens with one attached hydrogen (secondary N) is 1. The molecule has 0 amide bonds. The van der Waals surface area contributed by atoms with Crippen LogP contribution in [0.5, 0.6) is 0 Å². The van der Waals surface area contributed by atoms with Crippen LogP contribution in [0.15, 0.2) is 79.1 Å². The first kappa shape index (κ1) is 13.4. The minimum absolute atomic E-state index is 0.122. The van der Waals surface area contributed by atoms with Gasteiger partial charge in [0, 0.05) is 18.1 Å². The van der Waals surface area contributed by atoms with Crippen LogP contribution >= 0.6 is 0 Å². The third-order valence-corrected chi connectivity index (χ3v) is 3.53. The SMILES string of the molecule is Cc1ccc(N[C@H](c2ccccc2)c2ccncc2)cc1. The Kier molecular flexibility index (Phi) is 3.97. The van der Waals surface area contributed by atoms with Crippen molar-refractivity contribution in [3.8, 4) is 0 Å². The summed E-state index contributed by atoms with van der Waals surface area (Å²) in [5, 5.41) is 3.61. The lowest BCUT2D eigenvalue weighted by Crippen LogP contribution is -2.12. The molecule has 1 heterocycles. The molecule has 0 radical (unpaired) electrons. The van der Waals surface area contributed by atoms with Crippen LogP contribution in [0.2, 0.25) is 0 Å². The summed E-state index contributed by atoms with van der Waals surface area (Å²) in [4.78, 5) is 4.11. The number of nitrogens with zero attached hydrogens (tertiary/aromatic N) is 1. The molecule has 2 nitrogen and oxygen atoms in total. The summed E-state index contributed by atoms with van der Waals surface area (Å²) >= 11 is 0. The molecule has 0 aliphatic heterocycles. The lowest BCUT2D eigenvalue weighted by molar-refractivity contribution is 0.934. The topological polar surface area (TPSA) is 24.9 Å². The predicted octanol–water partition coefficient (Wildman–Crippen LogP) is 4.59. The van der Waals surface area contributed by atoms with Gasteiger partial charge in [-0.15, -0.1) is 0 Å². The van der Waals surface area contributed by atoms with Crippen LogP contribution in [0.1, 0.15) is 22.7 Å². The molecule has 3 aromatic rings. The fourth-order valence-electron chi connectivity index (χ4n) is 2.38. The molecule has 0 spiro atoms. The highest BCUT2D eigenvalue weighted by atomic mass is 14.9. The summed E-state index contributed by atoms with van der Waals surface area (Å²) in [5.74, 6) is 0. The third-order valence-electron chi connectivity index (χ3n) is 3.53. The monoisotopic (exact) mass is 274 g/mol. The standard InChI is InChI=1S/C19H18N2/c1-15-7-9-18(10-8-15)21-19(16-5-3-2-4-6-16)17-11-13-20-14-12-17/h2-14,19,21H,1H3/t19-/m1/s1. The van der Waals surface area contributed by atoms with Gasteiger partial charge in [-0.1, -0.05) is 48.0 Å². The summed E-state index contributed by atoms with van der Waals surface area (Å²) in [5.41, 5.74) is 4.83. The molecule has 2 aromatic carbocycles. The molecule has 0 saturated heterocycles. The van der Waals surface area contributed by atoms with E-state index in [1.807, 2.05) is 18.5 Å². The average Bonchev–Trinajstić information content (AvgIpc) is 2.56. The maximum Gasteiger partial charge on any atom is 0.0768 e. The van der Waals surface area contributed by atoms with Crippen molar-refractivity contribution >= 4 is 5.69 Å². The van der Waals surface area contributed by atoms with Gasteiger partial charge in [-0.05, 0) is 42.3 Å². The van der Waals surface area contributed by atoms with Crippen LogP contribution in [0.3, 0.4) is 0 Å². The fraction of sp³-hybridized carbons (Fsp3) is 0.105. The van der Waals surface area contributed by atoms with E-state index in [2.05, 4.69) is 77.9 Å². The molecule has 3 rings (SSSR count). The summed E-state index contributed by atoms with van der Waals surface area (Å²) in [6.45, 7) is 2.10. The Morgan fingerprint density at radius 1 is 0.762 bits per heavy atom. The molecule has 0 bridgehead atoms. The van der Waals surface area contributed by atoms with Gasteiger partial charge in [0.15, 0.2) is 0 Å². The summed E-state index contributed by atoms with van der Waals surface area (Å²) < 4.78 is 0. The van der Waals surface area contributed by atoms with Crippen LogP contribution in [0.4, 0.5) is 5.69 Å². The number of aromatic nitrogens is 1. The van der Waals surface area contributed by atoms with E-state index in [-0.39, 0.29) is 6.04 Å². The summed E-state index contributed by atoms with van der Waals surface area (Å²) in [6, 6.07) is 23.2. The maximum absolute atomic E-state index is 4.11. The van der Waals surface area contributed by atoms with E-state index in [9.17, 15) is 0 Å². The van der Waals surface area contributed by atoms with Crippen LogP contribution in [0, 0.1) is 6.92 Å². The molecule has 0 aliphatic rings. The lowest BCUT2D eigenvalue weighted by atomic mass is 9.99. The Balaban J connectivity index is 1.95. The first-order valence-corrected chi connectivity index (χ1v) is 7.11. The van der Waals surface area contributed by atoms with Gasteiger partial charge in [0.2, 0.25) is 0 Å². The molecule has 0 saturated carbocycles. The van der Waals surface area contributed by atoms with Gasteiger partial charge in [0.1, 0.15) is 0 Å². The van der Waals surface area contributed by atoms with E-state index >= 15 is 0 Å². The number of hydrogen-bond acceptors (Lipinski definition) is 2. The number of hydrogen-bond donors (Lipinski definition) is 1. The Labute approximate surface area is 125 Å². The van der Waals surface area contributed by atoms with Gasteiger partial charge < -0.3 is 5.32 Å². The van der Waals surface area contributed by atoms with E-state index in [1.165, 1.54) is 16.7 Å². The Hall–Kier alpha value is -2.61. The van der Waals surface area contributed by atoms with Gasteiger partial charge >= 0.3 is 0 Å². The lowest BCUT2D eigenvalue weighted by Gasteiger charge is -2.21. The zero-order chi connectivity index (χ0) is 14.5. The van der Waals surface area contributed by atoms with Crippen molar-refractivity contribution in [1.82, 2.24) is 4.98 Å². The number of benzene rings is 2. The van der Waals surface area contributed by atoms with Crippen LogP contribution < -0.4 is 5.32 Å². The Bertz CT molecular complexity index is 636. The van der Waals surface area contributed by atoms with E-state index < -0.39 is 0 Å². The smallest absolute Gasteiger partial charge is 0.0768 e. The molecule has 104 valence electrons. The normalized spacial score (nSPS) is 11.9. The molecule has 1 aromatic heterocycles. The van der Waals surface area contributed by atoms with E-state index in [0.717, 1.165) is 5.69 Å². The summed E-state index contributed by atoms with van der Waals surface area (Å²) in [6.07, 6.45) is 3.67. The number of aryl methyl sites for hydroxylation is 1.